The molecule has 0 fully saturated rings. The van der Waals surface area contributed by atoms with Crippen LogP contribution in [0.2, 0.25) is 0 Å². The Labute approximate surface area is 125 Å². The zero-order valence-electron chi connectivity index (χ0n) is 11.8. The van der Waals surface area contributed by atoms with E-state index in [9.17, 15) is 0 Å². The van der Waals surface area contributed by atoms with Crippen molar-refractivity contribution in [3.8, 4) is 5.75 Å². The molecule has 3 nitrogen and oxygen atoms in total. The van der Waals surface area contributed by atoms with Gasteiger partial charge in [-0.05, 0) is 32.4 Å². The van der Waals surface area contributed by atoms with Crippen LogP contribution in [0.15, 0.2) is 24.3 Å². The second-order valence-corrected chi connectivity index (χ2v) is 5.88. The third-order valence-electron chi connectivity index (χ3n) is 2.99. The Bertz CT molecular complexity index is 412. The molecule has 5 heteroatoms. The van der Waals surface area contributed by atoms with Gasteiger partial charge in [0, 0.05) is 23.9 Å². The molecule has 1 aromatic carbocycles. The van der Waals surface area contributed by atoms with Crippen molar-refractivity contribution in [1.29, 1.82) is 0 Å². The highest BCUT2D eigenvalue weighted by Crippen LogP contribution is 2.13. The van der Waals surface area contributed by atoms with Crippen LogP contribution < -0.4 is 10.5 Å². The molecule has 0 aliphatic rings. The van der Waals surface area contributed by atoms with Crippen molar-refractivity contribution < 1.29 is 4.74 Å². The fourth-order valence-corrected chi connectivity index (χ4v) is 2.50. The van der Waals surface area contributed by atoms with Gasteiger partial charge in [0.25, 0.3) is 0 Å². The first kappa shape index (κ1) is 16.3. The molecule has 0 radical (unpaired) electrons. The van der Waals surface area contributed by atoms with Gasteiger partial charge in [0.1, 0.15) is 17.3 Å². The highest BCUT2D eigenvalue weighted by atomic mass is 32.2. The Balaban J connectivity index is 2.40. The lowest BCUT2D eigenvalue weighted by Crippen LogP contribution is -2.34. The summed E-state index contributed by atoms with van der Waals surface area (Å²) in [6.45, 7) is 3.79. The van der Waals surface area contributed by atoms with Crippen molar-refractivity contribution in [3.05, 3.63) is 29.8 Å². The standard InChI is InChI=1S/C14H22N2OS2/c1-11(10-19-3)16(2)7-8-17-13-6-4-5-12(9-13)14(15)18/h4-6,9,11H,7-8,10H2,1-3H3,(H2,15,18). The summed E-state index contributed by atoms with van der Waals surface area (Å²) in [5, 5.41) is 0. The molecule has 1 aromatic rings. The van der Waals surface area contributed by atoms with Gasteiger partial charge < -0.3 is 10.5 Å². The molecule has 0 amide bonds. The lowest BCUT2D eigenvalue weighted by Gasteiger charge is -2.23. The van der Waals surface area contributed by atoms with Gasteiger partial charge >= 0.3 is 0 Å². The van der Waals surface area contributed by atoms with Crippen molar-refractivity contribution in [1.82, 2.24) is 4.90 Å². The van der Waals surface area contributed by atoms with Gasteiger partial charge in [0.15, 0.2) is 0 Å². The summed E-state index contributed by atoms with van der Waals surface area (Å²) in [5.41, 5.74) is 6.44. The highest BCUT2D eigenvalue weighted by molar-refractivity contribution is 7.98. The van der Waals surface area contributed by atoms with Crippen LogP contribution in [-0.4, -0.2) is 48.1 Å². The van der Waals surface area contributed by atoms with E-state index in [-0.39, 0.29) is 0 Å². The van der Waals surface area contributed by atoms with Gasteiger partial charge in [-0.1, -0.05) is 24.4 Å². The van der Waals surface area contributed by atoms with E-state index in [0.29, 0.717) is 17.6 Å². The van der Waals surface area contributed by atoms with Crippen molar-refractivity contribution >= 4 is 29.0 Å². The number of thioether (sulfide) groups is 1. The van der Waals surface area contributed by atoms with Gasteiger partial charge in [0.05, 0.1) is 0 Å². The van der Waals surface area contributed by atoms with Crippen LogP contribution in [0, 0.1) is 0 Å². The van der Waals surface area contributed by atoms with Crippen LogP contribution in [0.3, 0.4) is 0 Å². The molecule has 0 saturated heterocycles. The van der Waals surface area contributed by atoms with Crippen LogP contribution in [0.4, 0.5) is 0 Å². The predicted molar refractivity (Wildman–Crippen MR) is 88.3 cm³/mol. The van der Waals surface area contributed by atoms with Crippen LogP contribution in [0.5, 0.6) is 5.75 Å². The molecule has 106 valence electrons. The smallest absolute Gasteiger partial charge is 0.120 e. The monoisotopic (exact) mass is 298 g/mol. The van der Waals surface area contributed by atoms with Crippen LogP contribution in [0.1, 0.15) is 12.5 Å². The van der Waals surface area contributed by atoms with E-state index in [1.54, 1.807) is 0 Å². The molecular weight excluding hydrogens is 276 g/mol. The molecular formula is C14H22N2OS2. The first-order valence-corrected chi connectivity index (χ1v) is 8.06. The first-order chi connectivity index (χ1) is 9.04. The topological polar surface area (TPSA) is 38.5 Å². The number of thiocarbonyl (C=S) groups is 1. The second kappa shape index (κ2) is 8.40. The number of likely N-dealkylation sites (N-methyl/N-ethyl adjacent to an activating group) is 1. The molecule has 2 N–H and O–H groups in total. The summed E-state index contributed by atoms with van der Waals surface area (Å²) in [6, 6.07) is 8.16. The van der Waals surface area contributed by atoms with E-state index < -0.39 is 0 Å². The number of hydrogen-bond acceptors (Lipinski definition) is 4. The zero-order valence-corrected chi connectivity index (χ0v) is 13.4. The molecule has 0 aliphatic carbocycles. The van der Waals surface area contributed by atoms with E-state index in [4.69, 9.17) is 22.7 Å². The number of benzene rings is 1. The minimum atomic E-state index is 0.399. The molecule has 0 heterocycles. The Morgan fingerprint density at radius 3 is 2.89 bits per heavy atom. The van der Waals surface area contributed by atoms with Gasteiger partial charge in [-0.25, -0.2) is 0 Å². The maximum Gasteiger partial charge on any atom is 0.120 e. The second-order valence-electron chi connectivity index (χ2n) is 4.53. The lowest BCUT2D eigenvalue weighted by molar-refractivity contribution is 0.210. The maximum absolute atomic E-state index is 5.73. The molecule has 1 atom stereocenters. The Hall–Kier alpha value is -0.780. The number of hydrogen-bond donors (Lipinski definition) is 1. The third kappa shape index (κ3) is 5.80. The lowest BCUT2D eigenvalue weighted by atomic mass is 10.2. The van der Waals surface area contributed by atoms with Crippen molar-refractivity contribution in [3.63, 3.8) is 0 Å². The fourth-order valence-electron chi connectivity index (χ4n) is 1.64. The number of ether oxygens (including phenoxy) is 1. The van der Waals surface area contributed by atoms with Crippen molar-refractivity contribution in [2.75, 3.05) is 32.2 Å². The van der Waals surface area contributed by atoms with E-state index in [1.165, 1.54) is 0 Å². The fraction of sp³-hybridized carbons (Fsp3) is 0.500. The maximum atomic E-state index is 5.73. The summed E-state index contributed by atoms with van der Waals surface area (Å²) in [5.74, 6) is 1.95. The van der Waals surface area contributed by atoms with E-state index in [2.05, 4.69) is 25.1 Å². The number of rotatable bonds is 8. The summed E-state index contributed by atoms with van der Waals surface area (Å²) in [4.78, 5) is 2.70. The Morgan fingerprint density at radius 1 is 1.53 bits per heavy atom. The zero-order chi connectivity index (χ0) is 14.3. The molecule has 0 bridgehead atoms. The van der Waals surface area contributed by atoms with Gasteiger partial charge in [-0.15, -0.1) is 0 Å². The molecule has 0 saturated carbocycles. The molecule has 1 unspecified atom stereocenters. The summed E-state index contributed by atoms with van der Waals surface area (Å²) < 4.78 is 5.73. The van der Waals surface area contributed by atoms with Crippen LogP contribution in [0.25, 0.3) is 0 Å². The Kier molecular flexibility index (Phi) is 7.20. The van der Waals surface area contributed by atoms with E-state index in [1.807, 2.05) is 36.0 Å². The molecule has 0 spiro atoms. The number of nitrogens with two attached hydrogens (primary N) is 1. The Morgan fingerprint density at radius 2 is 2.26 bits per heavy atom. The molecule has 19 heavy (non-hydrogen) atoms. The van der Waals surface area contributed by atoms with Crippen molar-refractivity contribution in [2.24, 2.45) is 5.73 Å². The summed E-state index contributed by atoms with van der Waals surface area (Å²) >= 11 is 6.81. The van der Waals surface area contributed by atoms with Crippen LogP contribution in [-0.2, 0) is 0 Å². The summed E-state index contributed by atoms with van der Waals surface area (Å²) in [6.07, 6.45) is 2.13. The van der Waals surface area contributed by atoms with E-state index >= 15 is 0 Å². The van der Waals surface area contributed by atoms with Gasteiger partial charge in [-0.2, -0.15) is 11.8 Å². The van der Waals surface area contributed by atoms with Crippen LogP contribution >= 0.6 is 24.0 Å². The molecule has 0 aromatic heterocycles. The van der Waals surface area contributed by atoms with Crippen molar-refractivity contribution in [2.45, 2.75) is 13.0 Å². The predicted octanol–water partition coefficient (Wildman–Crippen LogP) is 2.38. The molecule has 0 aliphatic heterocycles. The first-order valence-electron chi connectivity index (χ1n) is 6.26. The SMILES string of the molecule is CSCC(C)N(C)CCOc1cccc(C(N)=S)c1. The molecule has 1 rings (SSSR count). The van der Waals surface area contributed by atoms with Gasteiger partial charge in [0.2, 0.25) is 0 Å². The summed E-state index contributed by atoms with van der Waals surface area (Å²) in [7, 11) is 2.12. The van der Waals surface area contributed by atoms with Gasteiger partial charge in [-0.3, -0.25) is 4.90 Å². The minimum absolute atomic E-state index is 0.399. The highest BCUT2D eigenvalue weighted by Gasteiger charge is 2.08. The largest absolute Gasteiger partial charge is 0.492 e. The average Bonchev–Trinajstić information content (AvgIpc) is 2.39. The average molecular weight is 298 g/mol. The minimum Gasteiger partial charge on any atom is -0.492 e. The normalized spacial score (nSPS) is 12.4. The quantitative estimate of drug-likeness (QED) is 0.746. The number of nitrogens with zero attached hydrogens (tertiary/aromatic N) is 1. The van der Waals surface area contributed by atoms with E-state index in [0.717, 1.165) is 23.6 Å². The third-order valence-corrected chi connectivity index (χ3v) is 4.04.